The van der Waals surface area contributed by atoms with Crippen LogP contribution in [0.25, 0.3) is 5.69 Å². The van der Waals surface area contributed by atoms with Crippen LogP contribution in [-0.2, 0) is 0 Å². The summed E-state index contributed by atoms with van der Waals surface area (Å²) in [5, 5.41) is 0. The van der Waals surface area contributed by atoms with Crippen molar-refractivity contribution in [2.75, 3.05) is 38.0 Å². The van der Waals surface area contributed by atoms with Crippen molar-refractivity contribution in [2.24, 2.45) is 0 Å². The zero-order valence-corrected chi connectivity index (χ0v) is 10.8. The molecule has 17 heavy (non-hydrogen) atoms. The van der Waals surface area contributed by atoms with E-state index < -0.39 is 0 Å². The van der Waals surface area contributed by atoms with Crippen molar-refractivity contribution >= 4 is 11.4 Å². The van der Waals surface area contributed by atoms with E-state index >= 15 is 0 Å². The average Bonchev–Trinajstić information content (AvgIpc) is 2.80. The van der Waals surface area contributed by atoms with Gasteiger partial charge in [0.25, 0.3) is 0 Å². The predicted molar refractivity (Wildman–Crippen MR) is 72.2 cm³/mol. The number of anilines is 2. The Morgan fingerprint density at radius 1 is 1.00 bits per heavy atom. The van der Waals surface area contributed by atoms with Crippen molar-refractivity contribution in [2.45, 2.75) is 0 Å². The molecule has 0 radical (unpaired) electrons. The summed E-state index contributed by atoms with van der Waals surface area (Å²) in [4.78, 5) is 8.35. The molecule has 0 N–H and O–H groups in total. The van der Waals surface area contributed by atoms with Crippen LogP contribution in [0.5, 0.6) is 0 Å². The Balaban J connectivity index is 2.67. The number of rotatable bonds is 3. The van der Waals surface area contributed by atoms with E-state index in [-0.39, 0.29) is 0 Å². The van der Waals surface area contributed by atoms with Crippen LogP contribution in [0, 0.1) is 0 Å². The summed E-state index contributed by atoms with van der Waals surface area (Å²) in [5.41, 5.74) is 3.50. The summed E-state index contributed by atoms with van der Waals surface area (Å²) in [7, 11) is 8.20. The zero-order valence-electron chi connectivity index (χ0n) is 10.8. The molecule has 1 aromatic carbocycles. The van der Waals surface area contributed by atoms with Crippen LogP contribution in [0.2, 0.25) is 0 Å². The van der Waals surface area contributed by atoms with Crippen molar-refractivity contribution in [1.29, 1.82) is 0 Å². The summed E-state index contributed by atoms with van der Waals surface area (Å²) in [6.45, 7) is 0. The lowest BCUT2D eigenvalue weighted by atomic mass is 10.2. The third kappa shape index (κ3) is 2.11. The van der Waals surface area contributed by atoms with Crippen LogP contribution in [0.4, 0.5) is 11.4 Å². The molecule has 1 heterocycles. The van der Waals surface area contributed by atoms with E-state index in [1.165, 1.54) is 11.4 Å². The molecule has 0 saturated heterocycles. The van der Waals surface area contributed by atoms with Crippen molar-refractivity contribution < 1.29 is 0 Å². The molecule has 4 heteroatoms. The van der Waals surface area contributed by atoms with Crippen LogP contribution >= 0.6 is 0 Å². The minimum Gasteiger partial charge on any atom is -0.376 e. The zero-order chi connectivity index (χ0) is 12.4. The molecule has 1 aromatic heterocycles. The summed E-state index contributed by atoms with van der Waals surface area (Å²) >= 11 is 0. The van der Waals surface area contributed by atoms with Crippen molar-refractivity contribution in [3.8, 4) is 5.69 Å². The highest BCUT2D eigenvalue weighted by Gasteiger charge is 2.12. The number of aromatic nitrogens is 2. The molecule has 4 nitrogen and oxygen atoms in total. The maximum Gasteiger partial charge on any atom is 0.0993 e. The van der Waals surface area contributed by atoms with Gasteiger partial charge in [0.1, 0.15) is 0 Å². The second kappa shape index (κ2) is 4.49. The van der Waals surface area contributed by atoms with Gasteiger partial charge in [0, 0.05) is 40.6 Å². The standard InChI is InChI=1S/C13H18N4/c1-15(2)11-6-5-7-12(16(3)4)13(11)17-9-8-14-10-17/h5-10H,1-4H3. The number of imidazole rings is 1. The van der Waals surface area contributed by atoms with Crippen LogP contribution in [0.3, 0.4) is 0 Å². The van der Waals surface area contributed by atoms with Gasteiger partial charge in [0.15, 0.2) is 0 Å². The van der Waals surface area contributed by atoms with Gasteiger partial charge in [0.2, 0.25) is 0 Å². The van der Waals surface area contributed by atoms with E-state index in [1.807, 2.05) is 17.1 Å². The number of hydrogen-bond donors (Lipinski definition) is 0. The molecule has 0 bridgehead atoms. The van der Waals surface area contributed by atoms with E-state index in [0.717, 1.165) is 5.69 Å². The van der Waals surface area contributed by atoms with Crippen molar-refractivity contribution in [3.63, 3.8) is 0 Å². The van der Waals surface area contributed by atoms with Gasteiger partial charge in [-0.1, -0.05) is 6.07 Å². The van der Waals surface area contributed by atoms with Gasteiger partial charge in [-0.05, 0) is 12.1 Å². The van der Waals surface area contributed by atoms with E-state index in [9.17, 15) is 0 Å². The molecule has 0 unspecified atom stereocenters. The third-order valence-corrected chi connectivity index (χ3v) is 2.72. The highest BCUT2D eigenvalue weighted by Crippen LogP contribution is 2.31. The largest absolute Gasteiger partial charge is 0.376 e. The predicted octanol–water partition coefficient (Wildman–Crippen LogP) is 2.00. The van der Waals surface area contributed by atoms with E-state index in [0.29, 0.717) is 0 Å². The van der Waals surface area contributed by atoms with E-state index in [2.05, 4.69) is 61.2 Å². The SMILES string of the molecule is CN(C)c1cccc(N(C)C)c1-n1ccnc1. The van der Waals surface area contributed by atoms with Crippen LogP contribution in [-0.4, -0.2) is 37.7 Å². The smallest absolute Gasteiger partial charge is 0.0993 e. The second-order valence-electron chi connectivity index (χ2n) is 4.40. The number of para-hydroxylation sites is 1. The minimum atomic E-state index is 1.15. The molecule has 0 aliphatic heterocycles. The number of hydrogen-bond acceptors (Lipinski definition) is 3. The van der Waals surface area contributed by atoms with Gasteiger partial charge >= 0.3 is 0 Å². The Labute approximate surface area is 102 Å². The maximum atomic E-state index is 4.13. The lowest BCUT2D eigenvalue weighted by Gasteiger charge is -2.24. The van der Waals surface area contributed by atoms with Gasteiger partial charge in [-0.3, -0.25) is 0 Å². The van der Waals surface area contributed by atoms with Crippen LogP contribution < -0.4 is 9.80 Å². The topological polar surface area (TPSA) is 24.3 Å². The highest BCUT2D eigenvalue weighted by molar-refractivity contribution is 5.76. The van der Waals surface area contributed by atoms with Gasteiger partial charge in [-0.25, -0.2) is 4.98 Å². The van der Waals surface area contributed by atoms with Gasteiger partial charge in [-0.2, -0.15) is 0 Å². The summed E-state index contributed by atoms with van der Waals surface area (Å²) < 4.78 is 2.05. The van der Waals surface area contributed by atoms with Gasteiger partial charge < -0.3 is 14.4 Å². The van der Waals surface area contributed by atoms with E-state index in [4.69, 9.17) is 0 Å². The average molecular weight is 230 g/mol. The molecular formula is C13H18N4. The first-order valence-electron chi connectivity index (χ1n) is 5.57. The summed E-state index contributed by atoms with van der Waals surface area (Å²) in [6, 6.07) is 6.30. The number of nitrogens with zero attached hydrogens (tertiary/aromatic N) is 4. The third-order valence-electron chi connectivity index (χ3n) is 2.72. The van der Waals surface area contributed by atoms with E-state index in [1.54, 1.807) is 6.20 Å². The highest BCUT2D eigenvalue weighted by atomic mass is 15.2. The fourth-order valence-electron chi connectivity index (χ4n) is 1.90. The molecule has 0 aliphatic rings. The maximum absolute atomic E-state index is 4.13. The van der Waals surface area contributed by atoms with Gasteiger partial charge in [0.05, 0.1) is 23.4 Å². The Bertz CT molecular complexity index is 460. The minimum absolute atomic E-state index is 1.15. The first kappa shape index (κ1) is 11.5. The molecule has 2 aromatic rings. The lowest BCUT2D eigenvalue weighted by molar-refractivity contribution is 0.999. The second-order valence-corrected chi connectivity index (χ2v) is 4.40. The monoisotopic (exact) mass is 230 g/mol. The molecule has 0 atom stereocenters. The Hall–Kier alpha value is -1.97. The molecular weight excluding hydrogens is 212 g/mol. The van der Waals surface area contributed by atoms with Crippen LogP contribution in [0.15, 0.2) is 36.9 Å². The molecule has 0 aliphatic carbocycles. The molecule has 0 amide bonds. The molecule has 0 fully saturated rings. The Morgan fingerprint density at radius 2 is 1.59 bits per heavy atom. The lowest BCUT2D eigenvalue weighted by Crippen LogP contribution is -2.17. The first-order valence-corrected chi connectivity index (χ1v) is 5.57. The fourth-order valence-corrected chi connectivity index (χ4v) is 1.90. The molecule has 0 saturated carbocycles. The Kier molecular flexibility index (Phi) is 3.04. The Morgan fingerprint density at radius 3 is 2.00 bits per heavy atom. The van der Waals surface area contributed by atoms with Crippen molar-refractivity contribution in [1.82, 2.24) is 9.55 Å². The molecule has 0 spiro atoms. The molecule has 90 valence electrons. The van der Waals surface area contributed by atoms with Crippen molar-refractivity contribution in [3.05, 3.63) is 36.9 Å². The molecule has 2 rings (SSSR count). The fraction of sp³-hybridized carbons (Fsp3) is 0.308. The first-order chi connectivity index (χ1) is 8.11. The quantitative estimate of drug-likeness (QED) is 0.806. The van der Waals surface area contributed by atoms with Crippen LogP contribution in [0.1, 0.15) is 0 Å². The number of benzene rings is 1. The van der Waals surface area contributed by atoms with Gasteiger partial charge in [-0.15, -0.1) is 0 Å². The summed E-state index contributed by atoms with van der Waals surface area (Å²) in [5.74, 6) is 0. The summed E-state index contributed by atoms with van der Waals surface area (Å²) in [6.07, 6.45) is 5.59. The normalized spacial score (nSPS) is 10.4.